The van der Waals surface area contributed by atoms with E-state index >= 15 is 0 Å². The van der Waals surface area contributed by atoms with Gasteiger partial charge in [0.25, 0.3) is 5.69 Å². The van der Waals surface area contributed by atoms with E-state index in [1.165, 1.54) is 18.2 Å². The summed E-state index contributed by atoms with van der Waals surface area (Å²) >= 11 is 0. The molecule has 112 valence electrons. The van der Waals surface area contributed by atoms with Crippen molar-refractivity contribution in [1.29, 1.82) is 0 Å². The molecule has 0 spiro atoms. The third-order valence-electron chi connectivity index (χ3n) is 3.14. The predicted octanol–water partition coefficient (Wildman–Crippen LogP) is 3.23. The summed E-state index contributed by atoms with van der Waals surface area (Å²) in [4.78, 5) is 22.2. The maximum atomic E-state index is 11.8. The molecule has 2 aromatic carbocycles. The van der Waals surface area contributed by atoms with Crippen molar-refractivity contribution in [2.24, 2.45) is 0 Å². The fourth-order valence-electron chi connectivity index (χ4n) is 1.91. The topological polar surface area (TPSA) is 72.2 Å². The fourth-order valence-corrected chi connectivity index (χ4v) is 1.91. The number of nitrogens with one attached hydrogen (secondary N) is 1. The summed E-state index contributed by atoms with van der Waals surface area (Å²) in [5.41, 5.74) is 2.53. The minimum absolute atomic E-state index is 0.0231. The third kappa shape index (κ3) is 4.28. The highest BCUT2D eigenvalue weighted by Crippen LogP contribution is 2.18. The van der Waals surface area contributed by atoms with Crippen molar-refractivity contribution in [3.8, 4) is 0 Å². The molecule has 22 heavy (non-hydrogen) atoms. The summed E-state index contributed by atoms with van der Waals surface area (Å²) in [6, 6.07) is 14.1. The van der Waals surface area contributed by atoms with Crippen molar-refractivity contribution in [3.05, 3.63) is 81.4 Å². The van der Waals surface area contributed by atoms with Gasteiger partial charge in [-0.05, 0) is 24.6 Å². The van der Waals surface area contributed by atoms with E-state index in [0.717, 1.165) is 11.1 Å². The molecule has 1 N–H and O–H groups in total. The number of hydrogen-bond acceptors (Lipinski definition) is 3. The van der Waals surface area contributed by atoms with E-state index in [9.17, 15) is 14.9 Å². The lowest BCUT2D eigenvalue weighted by Crippen LogP contribution is -2.20. The van der Waals surface area contributed by atoms with E-state index in [-0.39, 0.29) is 11.6 Å². The molecule has 0 atom stereocenters. The highest BCUT2D eigenvalue weighted by atomic mass is 16.6. The second kappa shape index (κ2) is 7.17. The standard InChI is InChI=1S/C17H16N2O3/c1-13-6-8-14(9-7-13)12-18-17(20)11-10-15-4-2-3-5-16(15)19(21)22/h2-11H,12H2,1H3,(H,18,20)/b11-10+. The Bertz CT molecular complexity index is 706. The molecular formula is C17H16N2O3. The van der Waals surface area contributed by atoms with Gasteiger partial charge in [0.1, 0.15) is 0 Å². The van der Waals surface area contributed by atoms with Crippen LogP contribution < -0.4 is 5.32 Å². The molecule has 0 saturated carbocycles. The van der Waals surface area contributed by atoms with E-state index in [1.807, 2.05) is 31.2 Å². The first-order chi connectivity index (χ1) is 10.6. The highest BCUT2D eigenvalue weighted by molar-refractivity contribution is 5.92. The molecule has 0 aromatic heterocycles. The van der Waals surface area contributed by atoms with Crippen LogP contribution in [0.2, 0.25) is 0 Å². The molecule has 2 rings (SSSR count). The first kappa shape index (κ1) is 15.4. The Hall–Kier alpha value is -2.95. The van der Waals surface area contributed by atoms with Gasteiger partial charge in [-0.1, -0.05) is 42.0 Å². The molecule has 2 aromatic rings. The summed E-state index contributed by atoms with van der Waals surface area (Å²) in [6.45, 7) is 2.41. The Kier molecular flexibility index (Phi) is 5.03. The number of para-hydroxylation sites is 1. The van der Waals surface area contributed by atoms with Gasteiger partial charge in [-0.15, -0.1) is 0 Å². The number of nitro benzene ring substituents is 1. The molecule has 0 aliphatic heterocycles. The molecule has 5 nitrogen and oxygen atoms in total. The molecule has 1 amide bonds. The zero-order chi connectivity index (χ0) is 15.9. The summed E-state index contributed by atoms with van der Waals surface area (Å²) in [7, 11) is 0. The van der Waals surface area contributed by atoms with Gasteiger partial charge in [0.2, 0.25) is 5.91 Å². The Morgan fingerprint density at radius 1 is 1.18 bits per heavy atom. The summed E-state index contributed by atoms with van der Waals surface area (Å²) in [5, 5.41) is 13.6. The van der Waals surface area contributed by atoms with Gasteiger partial charge in [0, 0.05) is 18.7 Å². The average molecular weight is 296 g/mol. The van der Waals surface area contributed by atoms with Crippen molar-refractivity contribution in [3.63, 3.8) is 0 Å². The zero-order valence-electron chi connectivity index (χ0n) is 12.2. The van der Waals surface area contributed by atoms with Gasteiger partial charge >= 0.3 is 0 Å². The number of carbonyl (C=O) groups is 1. The molecular weight excluding hydrogens is 280 g/mol. The van der Waals surface area contributed by atoms with Crippen LogP contribution in [0.3, 0.4) is 0 Å². The number of aryl methyl sites for hydroxylation is 1. The molecule has 0 aliphatic carbocycles. The molecule has 0 unspecified atom stereocenters. The lowest BCUT2D eigenvalue weighted by atomic mass is 10.1. The zero-order valence-corrected chi connectivity index (χ0v) is 12.2. The molecule has 0 fully saturated rings. The van der Waals surface area contributed by atoms with Crippen LogP contribution in [0.25, 0.3) is 6.08 Å². The van der Waals surface area contributed by atoms with E-state index in [0.29, 0.717) is 12.1 Å². The Balaban J connectivity index is 1.97. The van der Waals surface area contributed by atoms with Crippen LogP contribution in [0.15, 0.2) is 54.6 Å². The van der Waals surface area contributed by atoms with Gasteiger partial charge in [-0.3, -0.25) is 14.9 Å². The van der Waals surface area contributed by atoms with Gasteiger partial charge < -0.3 is 5.32 Å². The van der Waals surface area contributed by atoms with Crippen LogP contribution in [0.5, 0.6) is 0 Å². The second-order valence-corrected chi connectivity index (χ2v) is 4.85. The van der Waals surface area contributed by atoms with Crippen molar-refractivity contribution in [1.82, 2.24) is 5.32 Å². The third-order valence-corrected chi connectivity index (χ3v) is 3.14. The quantitative estimate of drug-likeness (QED) is 0.523. The minimum atomic E-state index is -0.468. The van der Waals surface area contributed by atoms with Crippen molar-refractivity contribution in [2.75, 3.05) is 0 Å². The fraction of sp³-hybridized carbons (Fsp3) is 0.118. The van der Waals surface area contributed by atoms with Crippen molar-refractivity contribution >= 4 is 17.7 Å². The number of amides is 1. The number of hydrogen-bond donors (Lipinski definition) is 1. The maximum absolute atomic E-state index is 11.8. The number of carbonyl (C=O) groups excluding carboxylic acids is 1. The SMILES string of the molecule is Cc1ccc(CNC(=O)/C=C/c2ccccc2[N+](=O)[O-])cc1. The Labute approximate surface area is 128 Å². The smallest absolute Gasteiger partial charge is 0.276 e. The van der Waals surface area contributed by atoms with Crippen molar-refractivity contribution in [2.45, 2.75) is 13.5 Å². The van der Waals surface area contributed by atoms with Crippen LogP contribution in [-0.4, -0.2) is 10.8 Å². The minimum Gasteiger partial charge on any atom is -0.348 e. The van der Waals surface area contributed by atoms with Gasteiger partial charge in [-0.25, -0.2) is 0 Å². The van der Waals surface area contributed by atoms with Crippen LogP contribution in [0, 0.1) is 17.0 Å². The first-order valence-electron chi connectivity index (χ1n) is 6.81. The number of rotatable bonds is 5. The van der Waals surface area contributed by atoms with Gasteiger partial charge in [0.05, 0.1) is 10.5 Å². The van der Waals surface area contributed by atoms with E-state index in [2.05, 4.69) is 5.32 Å². The molecule has 0 aliphatic rings. The van der Waals surface area contributed by atoms with Gasteiger partial charge in [-0.2, -0.15) is 0 Å². The summed E-state index contributed by atoms with van der Waals surface area (Å²) < 4.78 is 0. The molecule has 0 bridgehead atoms. The summed E-state index contributed by atoms with van der Waals surface area (Å²) in [5.74, 6) is -0.293. The van der Waals surface area contributed by atoms with Crippen LogP contribution in [0.4, 0.5) is 5.69 Å². The molecule has 0 radical (unpaired) electrons. The highest BCUT2D eigenvalue weighted by Gasteiger charge is 2.09. The molecule has 5 heteroatoms. The summed E-state index contributed by atoms with van der Waals surface area (Å²) in [6.07, 6.45) is 2.75. The number of benzene rings is 2. The molecule has 0 heterocycles. The first-order valence-corrected chi connectivity index (χ1v) is 6.81. The lowest BCUT2D eigenvalue weighted by molar-refractivity contribution is -0.385. The maximum Gasteiger partial charge on any atom is 0.276 e. The van der Waals surface area contributed by atoms with Crippen LogP contribution in [0.1, 0.15) is 16.7 Å². The second-order valence-electron chi connectivity index (χ2n) is 4.85. The van der Waals surface area contributed by atoms with Gasteiger partial charge in [0.15, 0.2) is 0 Å². The predicted molar refractivity (Wildman–Crippen MR) is 85.2 cm³/mol. The van der Waals surface area contributed by atoms with E-state index in [4.69, 9.17) is 0 Å². The normalized spacial score (nSPS) is 10.6. The molecule has 0 saturated heterocycles. The Morgan fingerprint density at radius 2 is 1.86 bits per heavy atom. The van der Waals surface area contributed by atoms with Crippen LogP contribution in [-0.2, 0) is 11.3 Å². The Morgan fingerprint density at radius 3 is 2.55 bits per heavy atom. The monoisotopic (exact) mass is 296 g/mol. The number of nitro groups is 1. The lowest BCUT2D eigenvalue weighted by Gasteiger charge is -2.03. The van der Waals surface area contributed by atoms with E-state index < -0.39 is 4.92 Å². The largest absolute Gasteiger partial charge is 0.348 e. The average Bonchev–Trinajstić information content (AvgIpc) is 2.52. The van der Waals surface area contributed by atoms with E-state index in [1.54, 1.807) is 18.2 Å². The number of nitrogens with zero attached hydrogens (tertiary/aromatic N) is 1. The van der Waals surface area contributed by atoms with Crippen LogP contribution >= 0.6 is 0 Å². The van der Waals surface area contributed by atoms with Crippen molar-refractivity contribution < 1.29 is 9.72 Å².